The molecule has 148 valence electrons. The average Bonchev–Trinajstić information content (AvgIpc) is 3.18. The van der Waals surface area contributed by atoms with Crippen LogP contribution in [0.4, 0.5) is 5.69 Å². The maximum Gasteiger partial charge on any atom is 0.276 e. The standard InChI is InChI=1S/C20H24N4O4/c1-13-5-6-15(10-14(13)2)22-20(27)17-7-8-19(26)24(23-17)12-18(25)21-11-16-4-3-9-28-16/h5-8,10,16H,3-4,9,11-12H2,1-2H3,(H,21,25)(H,22,27). The van der Waals surface area contributed by atoms with Crippen LogP contribution in [0.3, 0.4) is 0 Å². The fraction of sp³-hybridized carbons (Fsp3) is 0.400. The first kappa shape index (κ1) is 19.8. The molecule has 2 aromatic rings. The Labute approximate surface area is 162 Å². The monoisotopic (exact) mass is 384 g/mol. The average molecular weight is 384 g/mol. The number of anilines is 1. The summed E-state index contributed by atoms with van der Waals surface area (Å²) in [5.74, 6) is -0.798. The van der Waals surface area contributed by atoms with E-state index in [1.165, 1.54) is 12.1 Å². The fourth-order valence-electron chi connectivity index (χ4n) is 2.92. The molecule has 1 aromatic heterocycles. The van der Waals surface area contributed by atoms with Gasteiger partial charge in [0.1, 0.15) is 12.2 Å². The minimum absolute atomic E-state index is 0.0173. The molecule has 3 rings (SSSR count). The van der Waals surface area contributed by atoms with Crippen molar-refractivity contribution < 1.29 is 14.3 Å². The predicted molar refractivity (Wildman–Crippen MR) is 104 cm³/mol. The van der Waals surface area contributed by atoms with E-state index in [0.717, 1.165) is 28.7 Å². The summed E-state index contributed by atoms with van der Waals surface area (Å²) >= 11 is 0. The quantitative estimate of drug-likeness (QED) is 0.784. The van der Waals surface area contributed by atoms with Crippen LogP contribution in [0.25, 0.3) is 0 Å². The SMILES string of the molecule is Cc1ccc(NC(=O)c2ccc(=O)n(CC(=O)NCC3CCCO3)n2)cc1C. The van der Waals surface area contributed by atoms with Gasteiger partial charge in [-0.15, -0.1) is 0 Å². The van der Waals surface area contributed by atoms with E-state index < -0.39 is 11.5 Å². The number of carbonyl (C=O) groups is 2. The Bertz CT molecular complexity index is 932. The third-order valence-electron chi connectivity index (χ3n) is 4.71. The normalized spacial score (nSPS) is 16.0. The number of hydrogen-bond donors (Lipinski definition) is 2. The first-order valence-electron chi connectivity index (χ1n) is 9.27. The minimum atomic E-state index is -0.449. The van der Waals surface area contributed by atoms with Crippen LogP contribution in [0.2, 0.25) is 0 Å². The molecule has 0 spiro atoms. The lowest BCUT2D eigenvalue weighted by Crippen LogP contribution is -2.37. The number of aromatic nitrogens is 2. The van der Waals surface area contributed by atoms with E-state index in [1.54, 1.807) is 6.07 Å². The van der Waals surface area contributed by atoms with Crippen LogP contribution in [-0.2, 0) is 16.1 Å². The van der Waals surface area contributed by atoms with Gasteiger partial charge in [-0.3, -0.25) is 14.4 Å². The maximum atomic E-state index is 12.5. The number of rotatable bonds is 6. The summed E-state index contributed by atoms with van der Waals surface area (Å²) in [5.41, 5.74) is 2.43. The number of ether oxygens (including phenoxy) is 1. The second kappa shape index (κ2) is 8.79. The van der Waals surface area contributed by atoms with Crippen LogP contribution in [0, 0.1) is 13.8 Å². The van der Waals surface area contributed by atoms with E-state index in [-0.39, 0.29) is 24.2 Å². The van der Waals surface area contributed by atoms with Crippen molar-refractivity contribution >= 4 is 17.5 Å². The molecule has 0 bridgehead atoms. The van der Waals surface area contributed by atoms with E-state index in [9.17, 15) is 14.4 Å². The molecule has 2 heterocycles. The van der Waals surface area contributed by atoms with Gasteiger partial charge in [-0.1, -0.05) is 6.07 Å². The minimum Gasteiger partial charge on any atom is -0.376 e. The molecule has 8 nitrogen and oxygen atoms in total. The highest BCUT2D eigenvalue weighted by Crippen LogP contribution is 2.14. The molecule has 2 amide bonds. The zero-order valence-electron chi connectivity index (χ0n) is 16.0. The molecule has 1 aromatic carbocycles. The molecule has 2 N–H and O–H groups in total. The van der Waals surface area contributed by atoms with Gasteiger partial charge in [0.05, 0.1) is 6.10 Å². The van der Waals surface area contributed by atoms with Crippen molar-refractivity contribution in [2.75, 3.05) is 18.5 Å². The van der Waals surface area contributed by atoms with Crippen molar-refractivity contribution in [3.8, 4) is 0 Å². The van der Waals surface area contributed by atoms with Crippen LogP contribution in [-0.4, -0.2) is 40.9 Å². The van der Waals surface area contributed by atoms with Crippen LogP contribution in [0.5, 0.6) is 0 Å². The van der Waals surface area contributed by atoms with Gasteiger partial charge < -0.3 is 15.4 Å². The molecule has 1 aliphatic rings. The maximum absolute atomic E-state index is 12.5. The van der Waals surface area contributed by atoms with Gasteiger partial charge in [0.2, 0.25) is 5.91 Å². The van der Waals surface area contributed by atoms with Crippen molar-refractivity contribution in [1.29, 1.82) is 0 Å². The van der Waals surface area contributed by atoms with Crippen molar-refractivity contribution in [3.63, 3.8) is 0 Å². The third kappa shape index (κ3) is 5.04. The second-order valence-corrected chi connectivity index (χ2v) is 6.91. The second-order valence-electron chi connectivity index (χ2n) is 6.91. The topological polar surface area (TPSA) is 102 Å². The van der Waals surface area contributed by atoms with Crippen LogP contribution in [0.15, 0.2) is 35.1 Å². The van der Waals surface area contributed by atoms with Crippen molar-refractivity contribution in [2.45, 2.75) is 39.3 Å². The highest BCUT2D eigenvalue weighted by Gasteiger charge is 2.17. The molecule has 28 heavy (non-hydrogen) atoms. The highest BCUT2D eigenvalue weighted by molar-refractivity contribution is 6.02. The van der Waals surface area contributed by atoms with E-state index in [0.29, 0.717) is 18.8 Å². The number of carbonyl (C=O) groups excluding carboxylic acids is 2. The van der Waals surface area contributed by atoms with Gasteiger partial charge in [-0.05, 0) is 56.0 Å². The van der Waals surface area contributed by atoms with Crippen LogP contribution >= 0.6 is 0 Å². The van der Waals surface area contributed by atoms with Gasteiger partial charge in [0.15, 0.2) is 0 Å². The molecule has 1 unspecified atom stereocenters. The number of benzene rings is 1. The number of nitrogens with zero attached hydrogens (tertiary/aromatic N) is 2. The largest absolute Gasteiger partial charge is 0.376 e. The number of aryl methyl sites for hydroxylation is 2. The summed E-state index contributed by atoms with van der Waals surface area (Å²) < 4.78 is 6.43. The van der Waals surface area contributed by atoms with Crippen molar-refractivity contribution in [2.24, 2.45) is 0 Å². The molecule has 0 saturated carbocycles. The number of nitrogens with one attached hydrogen (secondary N) is 2. The van der Waals surface area contributed by atoms with Gasteiger partial charge in [-0.25, -0.2) is 4.68 Å². The Balaban J connectivity index is 1.64. The lowest BCUT2D eigenvalue weighted by Gasteiger charge is -2.12. The van der Waals surface area contributed by atoms with Crippen LogP contribution < -0.4 is 16.2 Å². The summed E-state index contributed by atoms with van der Waals surface area (Å²) in [5, 5.41) is 9.52. The Hall–Kier alpha value is -3.00. The van der Waals surface area contributed by atoms with Crippen molar-refractivity contribution in [1.82, 2.24) is 15.1 Å². The van der Waals surface area contributed by atoms with E-state index in [2.05, 4.69) is 15.7 Å². The lowest BCUT2D eigenvalue weighted by atomic mass is 10.1. The number of hydrogen-bond acceptors (Lipinski definition) is 5. The lowest BCUT2D eigenvalue weighted by molar-refractivity contribution is -0.122. The van der Waals surface area contributed by atoms with Gasteiger partial charge in [0, 0.05) is 24.9 Å². The summed E-state index contributed by atoms with van der Waals surface area (Å²) in [6.07, 6.45) is 1.91. The molecular formula is C20H24N4O4. The Morgan fingerprint density at radius 3 is 2.75 bits per heavy atom. The molecule has 1 aliphatic heterocycles. The van der Waals surface area contributed by atoms with Gasteiger partial charge in [-0.2, -0.15) is 5.10 Å². The molecule has 1 atom stereocenters. The summed E-state index contributed by atoms with van der Waals surface area (Å²) in [6, 6.07) is 8.16. The first-order chi connectivity index (χ1) is 13.4. The zero-order valence-corrected chi connectivity index (χ0v) is 16.0. The summed E-state index contributed by atoms with van der Waals surface area (Å²) in [4.78, 5) is 36.5. The first-order valence-corrected chi connectivity index (χ1v) is 9.27. The zero-order chi connectivity index (χ0) is 20.1. The molecule has 1 fully saturated rings. The van der Waals surface area contributed by atoms with E-state index in [1.807, 2.05) is 26.0 Å². The summed E-state index contributed by atoms with van der Waals surface area (Å²) in [7, 11) is 0. The van der Waals surface area contributed by atoms with Crippen molar-refractivity contribution in [3.05, 3.63) is 57.5 Å². The molecular weight excluding hydrogens is 360 g/mol. The molecule has 0 aliphatic carbocycles. The highest BCUT2D eigenvalue weighted by atomic mass is 16.5. The Kier molecular flexibility index (Phi) is 6.20. The third-order valence-corrected chi connectivity index (χ3v) is 4.71. The molecule has 8 heteroatoms. The fourth-order valence-corrected chi connectivity index (χ4v) is 2.92. The van der Waals surface area contributed by atoms with Gasteiger partial charge in [0.25, 0.3) is 11.5 Å². The Morgan fingerprint density at radius 2 is 2.04 bits per heavy atom. The summed E-state index contributed by atoms with van der Waals surface area (Å²) in [6.45, 7) is 4.80. The van der Waals surface area contributed by atoms with Crippen LogP contribution in [0.1, 0.15) is 34.5 Å². The Morgan fingerprint density at radius 1 is 1.21 bits per heavy atom. The number of amides is 2. The van der Waals surface area contributed by atoms with E-state index >= 15 is 0 Å². The molecule has 1 saturated heterocycles. The van der Waals surface area contributed by atoms with Gasteiger partial charge >= 0.3 is 0 Å². The van der Waals surface area contributed by atoms with E-state index in [4.69, 9.17) is 4.74 Å². The smallest absolute Gasteiger partial charge is 0.276 e. The predicted octanol–water partition coefficient (Wildman–Crippen LogP) is 1.41. The molecule has 0 radical (unpaired) electrons.